The Labute approximate surface area is 154 Å². The van der Waals surface area contributed by atoms with Crippen LogP contribution in [0.25, 0.3) is 0 Å². The molecule has 1 heterocycles. The molecule has 0 spiro atoms. The largest absolute Gasteiger partial charge is 0.457 e. The number of rotatable bonds is 2. The summed E-state index contributed by atoms with van der Waals surface area (Å²) in [6.45, 7) is 1.63. The summed E-state index contributed by atoms with van der Waals surface area (Å²) in [4.78, 5) is 0. The number of benzene rings is 3. The quantitative estimate of drug-likeness (QED) is 0.659. The predicted octanol–water partition coefficient (Wildman–Crippen LogP) is 4.70. The first kappa shape index (κ1) is 16.3. The molecule has 25 heavy (non-hydrogen) atoms. The Morgan fingerprint density at radius 2 is 1.32 bits per heavy atom. The van der Waals surface area contributed by atoms with E-state index in [1.165, 1.54) is 0 Å². The highest BCUT2D eigenvalue weighted by atomic mass is 79.9. The maximum absolute atomic E-state index is 11.9. The lowest BCUT2D eigenvalue weighted by molar-refractivity contribution is -0.132. The van der Waals surface area contributed by atoms with Crippen molar-refractivity contribution >= 4 is 15.9 Å². The van der Waals surface area contributed by atoms with E-state index in [2.05, 4.69) is 15.9 Å². The molecule has 0 bridgehead atoms. The molecule has 0 radical (unpaired) electrons. The van der Waals surface area contributed by atoms with Crippen molar-refractivity contribution in [2.24, 2.45) is 0 Å². The molecular formula is C21H17BrO3. The maximum atomic E-state index is 11.9. The number of hydrogen-bond donors (Lipinski definition) is 2. The third kappa shape index (κ3) is 2.33. The Balaban J connectivity index is 2.00. The molecule has 0 saturated carbocycles. The van der Waals surface area contributed by atoms with Crippen LogP contribution in [0.15, 0.2) is 77.3 Å². The molecule has 4 rings (SSSR count). The summed E-state index contributed by atoms with van der Waals surface area (Å²) < 4.78 is 6.85. The molecule has 126 valence electrons. The van der Waals surface area contributed by atoms with E-state index < -0.39 is 11.2 Å². The molecule has 3 aromatic rings. The van der Waals surface area contributed by atoms with E-state index >= 15 is 0 Å². The van der Waals surface area contributed by atoms with E-state index in [1.807, 2.05) is 48.5 Å². The minimum absolute atomic E-state index is 0.543. The molecule has 4 heteroatoms. The molecular weight excluding hydrogens is 380 g/mol. The predicted molar refractivity (Wildman–Crippen MR) is 99.7 cm³/mol. The van der Waals surface area contributed by atoms with Gasteiger partial charge >= 0.3 is 0 Å². The van der Waals surface area contributed by atoms with Crippen molar-refractivity contribution in [2.45, 2.75) is 18.1 Å². The van der Waals surface area contributed by atoms with Crippen LogP contribution in [0.3, 0.4) is 0 Å². The highest BCUT2D eigenvalue weighted by Gasteiger charge is 2.54. The van der Waals surface area contributed by atoms with Crippen molar-refractivity contribution in [2.75, 3.05) is 0 Å². The zero-order valence-electron chi connectivity index (χ0n) is 13.6. The monoisotopic (exact) mass is 396 g/mol. The highest BCUT2D eigenvalue weighted by Crippen LogP contribution is 2.54. The summed E-state index contributed by atoms with van der Waals surface area (Å²) >= 11 is 3.41. The third-order valence-electron chi connectivity index (χ3n) is 4.88. The van der Waals surface area contributed by atoms with Gasteiger partial charge in [0.25, 0.3) is 0 Å². The van der Waals surface area contributed by atoms with E-state index in [-0.39, 0.29) is 0 Å². The zero-order chi connectivity index (χ0) is 17.7. The SMILES string of the molecule is CC(O)(c1ccc(Br)cc1)C1(O)c2ccccc2Oc2ccccc21. The molecule has 0 saturated heterocycles. The first-order chi connectivity index (χ1) is 11.9. The number of para-hydroxylation sites is 2. The Kier molecular flexibility index (Phi) is 3.72. The van der Waals surface area contributed by atoms with Crippen molar-refractivity contribution in [3.8, 4) is 11.5 Å². The summed E-state index contributed by atoms with van der Waals surface area (Å²) in [5.41, 5.74) is -1.51. The van der Waals surface area contributed by atoms with Gasteiger partial charge in [-0.2, -0.15) is 0 Å². The Bertz CT molecular complexity index is 886. The van der Waals surface area contributed by atoms with Crippen LogP contribution < -0.4 is 4.74 Å². The lowest BCUT2D eigenvalue weighted by Crippen LogP contribution is -2.49. The average Bonchev–Trinajstić information content (AvgIpc) is 2.62. The van der Waals surface area contributed by atoms with Crippen LogP contribution in [-0.4, -0.2) is 10.2 Å². The number of aliphatic hydroxyl groups is 2. The molecule has 3 nitrogen and oxygen atoms in total. The van der Waals surface area contributed by atoms with Crippen LogP contribution in [0.4, 0.5) is 0 Å². The summed E-state index contributed by atoms with van der Waals surface area (Å²) in [7, 11) is 0. The molecule has 0 aromatic heterocycles. The van der Waals surface area contributed by atoms with Crippen LogP contribution >= 0.6 is 15.9 Å². The van der Waals surface area contributed by atoms with Gasteiger partial charge in [-0.25, -0.2) is 0 Å². The first-order valence-corrected chi connectivity index (χ1v) is 8.81. The first-order valence-electron chi connectivity index (χ1n) is 8.02. The fourth-order valence-electron chi connectivity index (χ4n) is 3.48. The van der Waals surface area contributed by atoms with Crippen molar-refractivity contribution in [1.29, 1.82) is 0 Å². The van der Waals surface area contributed by atoms with Crippen LogP contribution in [0.2, 0.25) is 0 Å². The molecule has 2 N–H and O–H groups in total. The molecule has 1 unspecified atom stereocenters. The smallest absolute Gasteiger partial charge is 0.154 e. The number of ether oxygens (including phenoxy) is 1. The Morgan fingerprint density at radius 3 is 1.84 bits per heavy atom. The maximum Gasteiger partial charge on any atom is 0.154 e. The van der Waals surface area contributed by atoms with Crippen molar-refractivity contribution in [3.05, 3.63) is 94.0 Å². The molecule has 1 atom stereocenters. The summed E-state index contributed by atoms with van der Waals surface area (Å²) in [5.74, 6) is 1.09. The van der Waals surface area contributed by atoms with Gasteiger partial charge in [0.2, 0.25) is 0 Å². The molecule has 0 aliphatic carbocycles. The normalized spacial score (nSPS) is 17.0. The van der Waals surface area contributed by atoms with Gasteiger partial charge in [-0.3, -0.25) is 0 Å². The van der Waals surface area contributed by atoms with Gasteiger partial charge in [0, 0.05) is 15.6 Å². The second kappa shape index (κ2) is 5.70. The number of hydrogen-bond acceptors (Lipinski definition) is 3. The fraction of sp³-hybridized carbons (Fsp3) is 0.143. The van der Waals surface area contributed by atoms with Crippen molar-refractivity contribution in [3.63, 3.8) is 0 Å². The standard InChI is InChI=1S/C21H17BrO3/c1-20(23,14-10-12-15(22)13-11-14)21(24)16-6-2-4-8-18(16)25-19-9-5-3-7-17(19)21/h2-13,23-24H,1H3. The van der Waals surface area contributed by atoms with E-state index in [0.29, 0.717) is 28.2 Å². The number of fused-ring (bicyclic) bond motifs is 2. The molecule has 1 aliphatic rings. The van der Waals surface area contributed by atoms with Gasteiger partial charge in [-0.15, -0.1) is 0 Å². The van der Waals surface area contributed by atoms with Crippen LogP contribution in [0.1, 0.15) is 23.6 Å². The molecule has 0 fully saturated rings. The van der Waals surface area contributed by atoms with E-state index in [9.17, 15) is 10.2 Å². The second-order valence-corrected chi connectivity index (χ2v) is 7.30. The van der Waals surface area contributed by atoms with Gasteiger partial charge in [-0.05, 0) is 36.8 Å². The molecule has 3 aromatic carbocycles. The van der Waals surface area contributed by atoms with Crippen LogP contribution in [-0.2, 0) is 11.2 Å². The van der Waals surface area contributed by atoms with Gasteiger partial charge < -0.3 is 14.9 Å². The van der Waals surface area contributed by atoms with Crippen molar-refractivity contribution < 1.29 is 14.9 Å². The third-order valence-corrected chi connectivity index (χ3v) is 5.41. The van der Waals surface area contributed by atoms with Gasteiger partial charge in [0.05, 0.1) is 0 Å². The van der Waals surface area contributed by atoms with Crippen molar-refractivity contribution in [1.82, 2.24) is 0 Å². The van der Waals surface area contributed by atoms with E-state index in [1.54, 1.807) is 31.2 Å². The lowest BCUT2D eigenvalue weighted by atomic mass is 9.69. The highest BCUT2D eigenvalue weighted by molar-refractivity contribution is 9.10. The van der Waals surface area contributed by atoms with Gasteiger partial charge in [0.1, 0.15) is 17.1 Å². The summed E-state index contributed by atoms with van der Waals surface area (Å²) in [5, 5.41) is 23.4. The van der Waals surface area contributed by atoms with E-state index in [4.69, 9.17) is 4.74 Å². The minimum atomic E-state index is -1.65. The second-order valence-electron chi connectivity index (χ2n) is 6.38. The van der Waals surface area contributed by atoms with Crippen LogP contribution in [0, 0.1) is 0 Å². The number of halogens is 1. The van der Waals surface area contributed by atoms with Crippen LogP contribution in [0.5, 0.6) is 11.5 Å². The summed E-state index contributed by atoms with van der Waals surface area (Å²) in [6.07, 6.45) is 0. The lowest BCUT2D eigenvalue weighted by Gasteiger charge is -2.45. The minimum Gasteiger partial charge on any atom is -0.457 e. The Morgan fingerprint density at radius 1 is 0.840 bits per heavy atom. The van der Waals surface area contributed by atoms with Gasteiger partial charge in [0.15, 0.2) is 5.60 Å². The topological polar surface area (TPSA) is 49.7 Å². The van der Waals surface area contributed by atoms with Gasteiger partial charge in [-0.1, -0.05) is 64.5 Å². The van der Waals surface area contributed by atoms with E-state index in [0.717, 1.165) is 4.47 Å². The zero-order valence-corrected chi connectivity index (χ0v) is 15.2. The average molecular weight is 397 g/mol. The summed E-state index contributed by atoms with van der Waals surface area (Å²) in [6, 6.07) is 21.9. The Hall–Kier alpha value is -2.14. The molecule has 0 amide bonds. The molecule has 1 aliphatic heterocycles. The fourth-order valence-corrected chi connectivity index (χ4v) is 3.74.